The molecule has 0 aromatic carbocycles. The summed E-state index contributed by atoms with van der Waals surface area (Å²) in [6.07, 6.45) is 7.88. The van der Waals surface area contributed by atoms with Gasteiger partial charge in [0.15, 0.2) is 0 Å². The van der Waals surface area contributed by atoms with Crippen LogP contribution in [-0.2, 0) is 0 Å². The van der Waals surface area contributed by atoms with Crippen molar-refractivity contribution in [2.75, 3.05) is 6.54 Å². The molecule has 6 N–H and O–H groups in total. The molecule has 0 fully saturated rings. The summed E-state index contributed by atoms with van der Waals surface area (Å²) in [6, 6.07) is 0. The Balaban J connectivity index is 2.76. The van der Waals surface area contributed by atoms with Crippen LogP contribution in [0.5, 0.6) is 0 Å². The highest BCUT2D eigenvalue weighted by Gasteiger charge is 1.88. The molecule has 0 saturated carbocycles. The van der Waals surface area contributed by atoms with Crippen LogP contribution in [0.3, 0.4) is 0 Å². The molecule has 0 aliphatic carbocycles. The first kappa shape index (κ1) is 12.8. The van der Waals surface area contributed by atoms with Gasteiger partial charge in [-0.15, -0.1) is 0 Å². The SMILES string of the molecule is CCCCCCCCNNNNN. The highest BCUT2D eigenvalue weighted by molar-refractivity contribution is 4.45. The van der Waals surface area contributed by atoms with E-state index in [-0.39, 0.29) is 0 Å². The summed E-state index contributed by atoms with van der Waals surface area (Å²) in [6.45, 7) is 3.19. The smallest absolute Gasteiger partial charge is 0.0113 e. The van der Waals surface area contributed by atoms with Crippen LogP contribution < -0.4 is 27.9 Å². The Hall–Kier alpha value is -0.200. The van der Waals surface area contributed by atoms with Gasteiger partial charge in [0.2, 0.25) is 0 Å². The molecular formula is C8H23N5. The lowest BCUT2D eigenvalue weighted by Gasteiger charge is -2.06. The van der Waals surface area contributed by atoms with Gasteiger partial charge >= 0.3 is 0 Å². The Morgan fingerprint density at radius 1 is 0.923 bits per heavy atom. The van der Waals surface area contributed by atoms with Gasteiger partial charge in [0.1, 0.15) is 0 Å². The van der Waals surface area contributed by atoms with Crippen molar-refractivity contribution in [2.45, 2.75) is 45.4 Å². The Morgan fingerprint density at radius 3 is 2.31 bits per heavy atom. The molecule has 0 radical (unpaired) electrons. The third-order valence-corrected chi connectivity index (χ3v) is 1.88. The summed E-state index contributed by atoms with van der Waals surface area (Å²) in [5, 5.41) is 0. The standard InChI is InChI=1S/C8H23N5/c1-2-3-4-5-6-7-8-10-12-13-11-9/h10-13H,2-9H2,1H3. The highest BCUT2D eigenvalue weighted by Crippen LogP contribution is 2.03. The molecule has 5 heteroatoms. The minimum atomic E-state index is 0.959. The van der Waals surface area contributed by atoms with Crippen LogP contribution in [0.2, 0.25) is 0 Å². The fourth-order valence-corrected chi connectivity index (χ4v) is 1.14. The fourth-order valence-electron chi connectivity index (χ4n) is 1.14. The molecule has 0 rings (SSSR count). The summed E-state index contributed by atoms with van der Waals surface area (Å²) in [5.41, 5.74) is 10.5. The van der Waals surface area contributed by atoms with Crippen molar-refractivity contribution in [1.82, 2.24) is 22.0 Å². The Labute approximate surface area is 80.7 Å². The number of hydrazine groups is 4. The van der Waals surface area contributed by atoms with Gasteiger partial charge in [-0.1, -0.05) is 39.0 Å². The molecule has 5 nitrogen and oxygen atoms in total. The maximum atomic E-state index is 4.96. The average molecular weight is 189 g/mol. The Morgan fingerprint density at radius 2 is 1.62 bits per heavy atom. The maximum Gasteiger partial charge on any atom is 0.0113 e. The van der Waals surface area contributed by atoms with Crippen LogP contribution in [0.1, 0.15) is 45.4 Å². The molecule has 0 atom stereocenters. The Bertz CT molecular complexity index is 78.6. The van der Waals surface area contributed by atoms with E-state index in [1.807, 2.05) is 0 Å². The van der Waals surface area contributed by atoms with Crippen LogP contribution >= 0.6 is 0 Å². The van der Waals surface area contributed by atoms with Gasteiger partial charge in [0.05, 0.1) is 0 Å². The van der Waals surface area contributed by atoms with Crippen molar-refractivity contribution < 1.29 is 0 Å². The topological polar surface area (TPSA) is 74.1 Å². The first-order chi connectivity index (χ1) is 6.41. The van der Waals surface area contributed by atoms with E-state index < -0.39 is 0 Å². The van der Waals surface area contributed by atoms with E-state index in [2.05, 4.69) is 29.0 Å². The normalized spacial score (nSPS) is 10.6. The number of unbranched alkanes of at least 4 members (excludes halogenated alkanes) is 5. The van der Waals surface area contributed by atoms with Crippen molar-refractivity contribution in [1.29, 1.82) is 0 Å². The van der Waals surface area contributed by atoms with Gasteiger partial charge in [-0.05, 0) is 6.42 Å². The zero-order valence-corrected chi connectivity index (χ0v) is 8.53. The first-order valence-corrected chi connectivity index (χ1v) is 5.10. The van der Waals surface area contributed by atoms with E-state index in [9.17, 15) is 0 Å². The largest absolute Gasteiger partial charge is 0.257 e. The second-order valence-electron chi connectivity index (χ2n) is 3.09. The van der Waals surface area contributed by atoms with Crippen molar-refractivity contribution in [3.8, 4) is 0 Å². The second kappa shape index (κ2) is 11.8. The summed E-state index contributed by atoms with van der Waals surface area (Å²) >= 11 is 0. The lowest BCUT2D eigenvalue weighted by atomic mass is 10.1. The monoisotopic (exact) mass is 189 g/mol. The lowest BCUT2D eigenvalue weighted by Crippen LogP contribution is -2.53. The molecule has 0 aliphatic heterocycles. The van der Waals surface area contributed by atoms with Crippen LogP contribution in [0.4, 0.5) is 0 Å². The lowest BCUT2D eigenvalue weighted by molar-refractivity contribution is 0.370. The summed E-state index contributed by atoms with van der Waals surface area (Å²) < 4.78 is 0. The average Bonchev–Trinajstić information content (AvgIpc) is 2.16. The molecule has 0 spiro atoms. The summed E-state index contributed by atoms with van der Waals surface area (Å²) in [4.78, 5) is 0. The number of nitrogens with one attached hydrogen (secondary N) is 4. The molecule has 0 unspecified atom stereocenters. The van der Waals surface area contributed by atoms with Crippen LogP contribution in [0.25, 0.3) is 0 Å². The fraction of sp³-hybridized carbons (Fsp3) is 1.00. The van der Waals surface area contributed by atoms with Gasteiger partial charge in [-0.25, -0.2) is 5.43 Å². The van der Waals surface area contributed by atoms with E-state index in [0.29, 0.717) is 0 Å². The molecule has 0 aliphatic rings. The Kier molecular flexibility index (Phi) is 11.6. The minimum Gasteiger partial charge on any atom is -0.257 e. The van der Waals surface area contributed by atoms with Crippen LogP contribution in [0, 0.1) is 0 Å². The van der Waals surface area contributed by atoms with Gasteiger partial charge in [-0.2, -0.15) is 16.6 Å². The van der Waals surface area contributed by atoms with Crippen molar-refractivity contribution >= 4 is 0 Å². The van der Waals surface area contributed by atoms with E-state index in [1.54, 1.807) is 0 Å². The molecule has 0 heterocycles. The van der Waals surface area contributed by atoms with E-state index >= 15 is 0 Å². The van der Waals surface area contributed by atoms with Crippen LogP contribution in [0.15, 0.2) is 0 Å². The molecular weight excluding hydrogens is 166 g/mol. The molecule has 0 aromatic rings. The van der Waals surface area contributed by atoms with Crippen molar-refractivity contribution in [2.24, 2.45) is 5.84 Å². The first-order valence-electron chi connectivity index (χ1n) is 5.10. The number of rotatable bonds is 10. The highest BCUT2D eigenvalue weighted by atomic mass is 15.8. The number of nitrogens with two attached hydrogens (primary N) is 1. The number of hydrogen-bond donors (Lipinski definition) is 5. The minimum absolute atomic E-state index is 0.959. The van der Waals surface area contributed by atoms with Crippen LogP contribution in [-0.4, -0.2) is 6.54 Å². The second-order valence-corrected chi connectivity index (χ2v) is 3.09. The molecule has 0 aromatic heterocycles. The van der Waals surface area contributed by atoms with E-state index in [0.717, 1.165) is 6.54 Å². The van der Waals surface area contributed by atoms with Gasteiger partial charge in [0.25, 0.3) is 0 Å². The summed E-state index contributed by atoms with van der Waals surface area (Å²) in [5.74, 6) is 4.96. The van der Waals surface area contributed by atoms with Crippen molar-refractivity contribution in [3.63, 3.8) is 0 Å². The third-order valence-electron chi connectivity index (χ3n) is 1.88. The van der Waals surface area contributed by atoms with Crippen molar-refractivity contribution in [3.05, 3.63) is 0 Å². The zero-order chi connectivity index (χ0) is 9.78. The maximum absolute atomic E-state index is 4.96. The molecule has 0 saturated heterocycles. The third kappa shape index (κ3) is 11.8. The predicted octanol–water partition coefficient (Wildman–Crippen LogP) is 0.324. The molecule has 0 amide bonds. The molecule has 13 heavy (non-hydrogen) atoms. The predicted molar refractivity (Wildman–Crippen MR) is 55.0 cm³/mol. The number of hydrogen-bond acceptors (Lipinski definition) is 5. The molecule has 0 bridgehead atoms. The van der Waals surface area contributed by atoms with E-state index in [1.165, 1.54) is 38.5 Å². The molecule has 80 valence electrons. The van der Waals surface area contributed by atoms with Gasteiger partial charge < -0.3 is 0 Å². The quantitative estimate of drug-likeness (QED) is 0.194. The van der Waals surface area contributed by atoms with Gasteiger partial charge in [0, 0.05) is 6.54 Å². The van der Waals surface area contributed by atoms with E-state index in [4.69, 9.17) is 5.84 Å². The summed E-state index contributed by atoms with van der Waals surface area (Å²) in [7, 11) is 0. The zero-order valence-electron chi connectivity index (χ0n) is 8.53. The van der Waals surface area contributed by atoms with Gasteiger partial charge in [-0.3, -0.25) is 5.84 Å².